The Bertz CT molecular complexity index is 1200. The molecule has 0 atom stereocenters. The van der Waals surface area contributed by atoms with Crippen LogP contribution in [0.1, 0.15) is 35.6 Å². The second-order valence-electron chi connectivity index (χ2n) is 8.52. The Morgan fingerprint density at radius 2 is 1.41 bits per heavy atom. The van der Waals surface area contributed by atoms with Gasteiger partial charge in [0.1, 0.15) is 12.4 Å². The summed E-state index contributed by atoms with van der Waals surface area (Å²) in [5.74, 6) is 0.815. The van der Waals surface area contributed by atoms with Crippen molar-refractivity contribution in [2.75, 3.05) is 0 Å². The van der Waals surface area contributed by atoms with E-state index < -0.39 is 0 Å². The lowest BCUT2D eigenvalue weighted by atomic mass is 10.0. The molecule has 0 bridgehead atoms. The number of nitrogens with one attached hydrogen (secondary N) is 1. The van der Waals surface area contributed by atoms with E-state index in [1.807, 2.05) is 54.6 Å². The quantitative estimate of drug-likeness (QED) is 0.291. The molecular weight excluding hydrogens is 418 g/mol. The number of aryl methyl sites for hydroxylation is 1. The zero-order valence-corrected chi connectivity index (χ0v) is 19.7. The molecule has 4 aromatic rings. The van der Waals surface area contributed by atoms with Crippen LogP contribution < -0.4 is 10.1 Å². The molecule has 34 heavy (non-hydrogen) atoms. The Balaban J connectivity index is 1.27. The van der Waals surface area contributed by atoms with Gasteiger partial charge in [-0.15, -0.1) is 0 Å². The zero-order valence-electron chi connectivity index (χ0n) is 19.7. The fraction of sp³-hybridized carbons (Fsp3) is 0.194. The molecule has 0 radical (unpaired) electrons. The normalized spacial score (nSPS) is 10.6. The van der Waals surface area contributed by atoms with Gasteiger partial charge in [0.25, 0.3) is 0 Å². The molecule has 0 saturated carbocycles. The summed E-state index contributed by atoms with van der Waals surface area (Å²) in [5, 5.41) is 3.02. The summed E-state index contributed by atoms with van der Waals surface area (Å²) >= 11 is 0. The molecule has 3 nitrogen and oxygen atoms in total. The van der Waals surface area contributed by atoms with Crippen molar-refractivity contribution in [1.82, 2.24) is 5.32 Å². The van der Waals surface area contributed by atoms with Crippen molar-refractivity contribution in [3.05, 3.63) is 125 Å². The number of hydrogen-bond acceptors (Lipinski definition) is 2. The van der Waals surface area contributed by atoms with Gasteiger partial charge >= 0.3 is 0 Å². The van der Waals surface area contributed by atoms with Crippen molar-refractivity contribution in [1.29, 1.82) is 0 Å². The Kier molecular flexibility index (Phi) is 8.13. The maximum absolute atomic E-state index is 12.5. The van der Waals surface area contributed by atoms with E-state index in [-0.39, 0.29) is 5.91 Å². The van der Waals surface area contributed by atoms with Crippen molar-refractivity contribution in [3.8, 4) is 16.9 Å². The number of amides is 1. The van der Waals surface area contributed by atoms with Crippen molar-refractivity contribution in [2.24, 2.45) is 0 Å². The minimum absolute atomic E-state index is 0.00604. The van der Waals surface area contributed by atoms with Gasteiger partial charge in [0, 0.05) is 6.54 Å². The van der Waals surface area contributed by atoms with E-state index in [0.717, 1.165) is 35.3 Å². The van der Waals surface area contributed by atoms with Gasteiger partial charge in [-0.3, -0.25) is 4.79 Å². The minimum atomic E-state index is 0.00604. The first-order valence-corrected chi connectivity index (χ1v) is 11.9. The predicted octanol–water partition coefficient (Wildman–Crippen LogP) is 6.74. The lowest BCUT2D eigenvalue weighted by molar-refractivity contribution is -0.120. The number of rotatable bonds is 10. The Hall–Kier alpha value is -3.85. The number of carbonyl (C=O) groups excluding carboxylic acids is 1. The van der Waals surface area contributed by atoms with Crippen LogP contribution >= 0.6 is 0 Å². The second kappa shape index (κ2) is 11.9. The molecule has 0 spiro atoms. The summed E-state index contributed by atoms with van der Waals surface area (Å²) in [7, 11) is 0. The molecule has 4 rings (SSSR count). The van der Waals surface area contributed by atoms with Crippen LogP contribution in [0.2, 0.25) is 0 Å². The molecule has 0 aromatic heterocycles. The summed E-state index contributed by atoms with van der Waals surface area (Å²) in [5.41, 5.74) is 6.86. The summed E-state index contributed by atoms with van der Waals surface area (Å²) in [6.07, 6.45) is 2.58. The van der Waals surface area contributed by atoms with Crippen LogP contribution in [0.3, 0.4) is 0 Å². The summed E-state index contributed by atoms with van der Waals surface area (Å²) in [6, 6.07) is 34.9. The SMILES string of the molecule is CCCc1cccc(COc2cccc(CNC(=O)Cc3ccc(-c4ccccc4)cc3)c2)c1. The maximum atomic E-state index is 12.5. The average molecular weight is 450 g/mol. The number of hydrogen-bond donors (Lipinski definition) is 1. The van der Waals surface area contributed by atoms with E-state index in [1.54, 1.807) is 0 Å². The largest absolute Gasteiger partial charge is 0.489 e. The fourth-order valence-corrected chi connectivity index (χ4v) is 3.97. The highest BCUT2D eigenvalue weighted by Gasteiger charge is 2.06. The molecule has 0 aliphatic heterocycles. The molecule has 1 N–H and O–H groups in total. The third-order valence-electron chi connectivity index (χ3n) is 5.75. The molecule has 0 saturated heterocycles. The van der Waals surface area contributed by atoms with E-state index in [9.17, 15) is 4.79 Å². The van der Waals surface area contributed by atoms with Crippen molar-refractivity contribution in [3.63, 3.8) is 0 Å². The highest BCUT2D eigenvalue weighted by molar-refractivity contribution is 5.78. The smallest absolute Gasteiger partial charge is 0.224 e. The number of benzene rings is 4. The highest BCUT2D eigenvalue weighted by Crippen LogP contribution is 2.20. The van der Waals surface area contributed by atoms with Crippen LogP contribution in [0.25, 0.3) is 11.1 Å². The first kappa shape index (κ1) is 23.3. The van der Waals surface area contributed by atoms with Crippen LogP contribution in [-0.2, 0) is 30.8 Å². The summed E-state index contributed by atoms with van der Waals surface area (Å²) in [4.78, 5) is 12.5. The Morgan fingerprint density at radius 3 is 2.21 bits per heavy atom. The van der Waals surface area contributed by atoms with Gasteiger partial charge in [0.15, 0.2) is 0 Å². The third kappa shape index (κ3) is 6.82. The van der Waals surface area contributed by atoms with E-state index >= 15 is 0 Å². The van der Waals surface area contributed by atoms with Gasteiger partial charge in [-0.1, -0.05) is 104 Å². The lowest BCUT2D eigenvalue weighted by Gasteiger charge is -2.10. The van der Waals surface area contributed by atoms with E-state index in [4.69, 9.17) is 4.74 Å². The van der Waals surface area contributed by atoms with Crippen molar-refractivity contribution < 1.29 is 9.53 Å². The molecular formula is C31H31NO2. The standard InChI is InChI=1S/C31H31NO2/c1-2-8-24-9-6-11-27(19-24)23-34-30-14-7-10-26(20-30)22-32-31(33)21-25-15-17-29(18-16-25)28-12-4-3-5-13-28/h3-7,9-20H,2,8,21-23H2,1H3,(H,32,33). The minimum Gasteiger partial charge on any atom is -0.489 e. The molecule has 3 heteroatoms. The molecule has 172 valence electrons. The van der Waals surface area contributed by atoms with Crippen molar-refractivity contribution in [2.45, 2.75) is 39.3 Å². The van der Waals surface area contributed by atoms with Gasteiger partial charge in [0.05, 0.1) is 6.42 Å². The molecule has 0 heterocycles. The fourth-order valence-electron chi connectivity index (χ4n) is 3.97. The molecule has 0 unspecified atom stereocenters. The molecule has 0 fully saturated rings. The molecule has 0 aliphatic rings. The molecule has 0 aliphatic carbocycles. The van der Waals surface area contributed by atoms with Gasteiger partial charge in [-0.05, 0) is 51.9 Å². The highest BCUT2D eigenvalue weighted by atomic mass is 16.5. The first-order chi connectivity index (χ1) is 16.7. The predicted molar refractivity (Wildman–Crippen MR) is 139 cm³/mol. The van der Waals surface area contributed by atoms with Crippen LogP contribution in [-0.4, -0.2) is 5.91 Å². The summed E-state index contributed by atoms with van der Waals surface area (Å²) in [6.45, 7) is 3.20. The van der Waals surface area contributed by atoms with Crippen LogP contribution in [0.15, 0.2) is 103 Å². The first-order valence-electron chi connectivity index (χ1n) is 11.9. The number of carbonyl (C=O) groups is 1. The average Bonchev–Trinajstić information content (AvgIpc) is 2.88. The van der Waals surface area contributed by atoms with Crippen LogP contribution in [0.4, 0.5) is 0 Å². The van der Waals surface area contributed by atoms with E-state index in [0.29, 0.717) is 19.6 Å². The second-order valence-corrected chi connectivity index (χ2v) is 8.52. The zero-order chi connectivity index (χ0) is 23.6. The third-order valence-corrected chi connectivity index (χ3v) is 5.75. The number of ether oxygens (including phenoxy) is 1. The molecule has 1 amide bonds. The van der Waals surface area contributed by atoms with Crippen LogP contribution in [0, 0.1) is 0 Å². The van der Waals surface area contributed by atoms with Gasteiger partial charge in [0.2, 0.25) is 5.91 Å². The Labute approximate surface area is 202 Å². The van der Waals surface area contributed by atoms with Gasteiger partial charge in [-0.25, -0.2) is 0 Å². The Morgan fingerprint density at radius 1 is 0.706 bits per heavy atom. The maximum Gasteiger partial charge on any atom is 0.224 e. The monoisotopic (exact) mass is 449 g/mol. The van der Waals surface area contributed by atoms with E-state index in [2.05, 4.69) is 60.8 Å². The van der Waals surface area contributed by atoms with Gasteiger partial charge in [-0.2, -0.15) is 0 Å². The lowest BCUT2D eigenvalue weighted by Crippen LogP contribution is -2.24. The van der Waals surface area contributed by atoms with E-state index in [1.165, 1.54) is 16.7 Å². The van der Waals surface area contributed by atoms with Crippen molar-refractivity contribution >= 4 is 5.91 Å². The molecule has 4 aromatic carbocycles. The topological polar surface area (TPSA) is 38.3 Å². The summed E-state index contributed by atoms with van der Waals surface area (Å²) < 4.78 is 6.00. The van der Waals surface area contributed by atoms with Crippen LogP contribution in [0.5, 0.6) is 5.75 Å². The van der Waals surface area contributed by atoms with Gasteiger partial charge < -0.3 is 10.1 Å².